The fraction of sp³-hybridized carbons (Fsp3) is 0.0769. The first-order valence-corrected chi connectivity index (χ1v) is 5.55. The Balaban J connectivity index is 2.42. The van der Waals surface area contributed by atoms with Crippen molar-refractivity contribution in [2.45, 2.75) is 6.18 Å². The molecule has 0 bridgehead atoms. The van der Waals surface area contributed by atoms with Crippen molar-refractivity contribution in [3.05, 3.63) is 53.5 Å². The topological polar surface area (TPSA) is 9.23 Å². The van der Waals surface area contributed by atoms with Gasteiger partial charge in [-0.15, -0.1) is 0 Å². The first kappa shape index (κ1) is 13.7. The lowest BCUT2D eigenvalue weighted by Crippen LogP contribution is -2.10. The first-order chi connectivity index (χ1) is 8.89. The molecule has 2 aromatic rings. The van der Waals surface area contributed by atoms with Gasteiger partial charge >= 0.3 is 12.2 Å². The molecule has 0 amide bonds. The van der Waals surface area contributed by atoms with Crippen molar-refractivity contribution in [1.29, 1.82) is 0 Å². The van der Waals surface area contributed by atoms with Crippen LogP contribution in [0.3, 0.4) is 0 Å². The lowest BCUT2D eigenvalue weighted by molar-refractivity contribution is -0.0883. The van der Waals surface area contributed by atoms with Gasteiger partial charge in [0, 0.05) is 5.39 Å². The number of rotatable bonds is 2. The monoisotopic (exact) mass is 290 g/mol. The highest BCUT2D eigenvalue weighted by Crippen LogP contribution is 2.34. The van der Waals surface area contributed by atoms with E-state index in [2.05, 4.69) is 4.74 Å². The summed E-state index contributed by atoms with van der Waals surface area (Å²) >= 11 is 4.86. The summed E-state index contributed by atoms with van der Waals surface area (Å²) < 4.78 is 54.5. The molecule has 0 spiro atoms. The summed E-state index contributed by atoms with van der Waals surface area (Å²) in [5, 5.41) is -0.705. The Morgan fingerprint density at radius 3 is 2.32 bits per heavy atom. The second-order valence-corrected chi connectivity index (χ2v) is 4.04. The molecule has 6 heteroatoms. The zero-order chi connectivity index (χ0) is 14.0. The van der Waals surface area contributed by atoms with Crippen molar-refractivity contribution >= 4 is 22.4 Å². The van der Waals surface area contributed by atoms with E-state index in [1.54, 1.807) is 36.4 Å². The van der Waals surface area contributed by atoms with Crippen molar-refractivity contribution < 1.29 is 22.3 Å². The van der Waals surface area contributed by atoms with Gasteiger partial charge in [0.1, 0.15) is 5.75 Å². The van der Waals surface area contributed by atoms with E-state index in [9.17, 15) is 17.6 Å². The zero-order valence-electron chi connectivity index (χ0n) is 9.34. The number of hydrogen-bond acceptors (Lipinski definition) is 1. The Morgan fingerprint density at radius 1 is 1.00 bits per heavy atom. The van der Waals surface area contributed by atoms with E-state index in [0.717, 1.165) is 5.39 Å². The first-order valence-electron chi connectivity index (χ1n) is 5.17. The van der Waals surface area contributed by atoms with Crippen LogP contribution in [0.2, 0.25) is 0 Å². The van der Waals surface area contributed by atoms with Crippen LogP contribution >= 0.6 is 11.6 Å². The molecule has 2 aromatic carbocycles. The number of ether oxygens (including phenoxy) is 1. The van der Waals surface area contributed by atoms with Crippen molar-refractivity contribution in [2.24, 2.45) is 0 Å². The molecule has 0 aliphatic rings. The number of halogens is 5. The lowest BCUT2D eigenvalue weighted by Gasteiger charge is -2.09. The fourth-order valence-corrected chi connectivity index (χ4v) is 1.58. The maximum Gasteiger partial charge on any atom is 0.433 e. The van der Waals surface area contributed by atoms with Gasteiger partial charge in [-0.2, -0.15) is 17.6 Å². The van der Waals surface area contributed by atoms with Crippen LogP contribution in [0.15, 0.2) is 53.5 Å². The summed E-state index contributed by atoms with van der Waals surface area (Å²) in [6.07, 6.45) is -4.98. The number of fused-ring (bicyclic) bond motifs is 1. The highest BCUT2D eigenvalue weighted by molar-refractivity contribution is 6.30. The Labute approximate surface area is 111 Å². The summed E-state index contributed by atoms with van der Waals surface area (Å²) in [5.74, 6) is -0.0296. The third kappa shape index (κ3) is 2.98. The smallest absolute Gasteiger partial charge is 0.430 e. The molecule has 0 atom stereocenters. The molecule has 2 rings (SSSR count). The van der Waals surface area contributed by atoms with Crippen LogP contribution in [0.1, 0.15) is 0 Å². The number of benzene rings is 2. The summed E-state index contributed by atoms with van der Waals surface area (Å²) in [7, 11) is 0. The molecule has 0 aromatic heterocycles. The molecule has 0 heterocycles. The van der Waals surface area contributed by atoms with Crippen LogP contribution in [0.5, 0.6) is 5.75 Å². The number of alkyl halides is 3. The number of allylic oxidation sites excluding steroid dienone is 1. The minimum atomic E-state index is -4.98. The highest BCUT2D eigenvalue weighted by atomic mass is 35.5. The molecule has 0 aliphatic heterocycles. The van der Waals surface area contributed by atoms with E-state index in [0.29, 0.717) is 5.39 Å². The van der Waals surface area contributed by atoms with Gasteiger partial charge in [0.2, 0.25) is 0 Å². The third-order valence-electron chi connectivity index (χ3n) is 2.37. The summed E-state index contributed by atoms with van der Waals surface area (Å²) in [6.45, 7) is 0. The van der Waals surface area contributed by atoms with Gasteiger partial charge in [-0.25, -0.2) is 0 Å². The highest BCUT2D eigenvalue weighted by Gasteiger charge is 2.37. The molecule has 100 valence electrons. The molecule has 0 unspecified atom stereocenters. The largest absolute Gasteiger partial charge is 0.433 e. The molecule has 0 radical (unpaired) electrons. The summed E-state index contributed by atoms with van der Waals surface area (Å²) in [4.78, 5) is 0. The minimum Gasteiger partial charge on any atom is -0.430 e. The Morgan fingerprint density at radius 2 is 1.63 bits per heavy atom. The SMILES string of the molecule is FC(Oc1cccc2ccccc12)=C(Cl)C(F)(F)F. The second kappa shape index (κ2) is 5.09. The predicted molar refractivity (Wildman–Crippen MR) is 64.6 cm³/mol. The average molecular weight is 291 g/mol. The molecular weight excluding hydrogens is 284 g/mol. The van der Waals surface area contributed by atoms with Crippen LogP contribution in [-0.2, 0) is 0 Å². The van der Waals surface area contributed by atoms with Gasteiger partial charge in [0.05, 0.1) is 0 Å². The fourth-order valence-electron chi connectivity index (χ4n) is 1.54. The molecule has 0 saturated carbocycles. The van der Waals surface area contributed by atoms with E-state index in [-0.39, 0.29) is 5.75 Å². The van der Waals surface area contributed by atoms with Crippen molar-refractivity contribution in [1.82, 2.24) is 0 Å². The molecule has 0 N–H and O–H groups in total. The van der Waals surface area contributed by atoms with E-state index in [4.69, 9.17) is 11.6 Å². The van der Waals surface area contributed by atoms with Crippen LogP contribution in [-0.4, -0.2) is 6.18 Å². The van der Waals surface area contributed by atoms with Gasteiger partial charge in [-0.05, 0) is 11.5 Å². The van der Waals surface area contributed by atoms with Crippen molar-refractivity contribution in [3.8, 4) is 5.75 Å². The van der Waals surface area contributed by atoms with E-state index in [1.165, 1.54) is 6.07 Å². The van der Waals surface area contributed by atoms with Crippen molar-refractivity contribution in [2.75, 3.05) is 0 Å². The maximum absolute atomic E-state index is 13.3. The zero-order valence-corrected chi connectivity index (χ0v) is 10.1. The lowest BCUT2D eigenvalue weighted by atomic mass is 10.1. The van der Waals surface area contributed by atoms with Crippen LogP contribution in [0, 0.1) is 0 Å². The average Bonchev–Trinajstić information content (AvgIpc) is 2.37. The Kier molecular flexibility index (Phi) is 3.66. The van der Waals surface area contributed by atoms with Gasteiger partial charge < -0.3 is 4.74 Å². The molecule has 19 heavy (non-hydrogen) atoms. The van der Waals surface area contributed by atoms with Gasteiger partial charge in [0.25, 0.3) is 0 Å². The van der Waals surface area contributed by atoms with E-state index < -0.39 is 17.2 Å². The minimum absolute atomic E-state index is 0.0296. The summed E-state index contributed by atoms with van der Waals surface area (Å²) in [6, 6.07) is 9.53. The molecule has 1 nitrogen and oxygen atoms in total. The standard InChI is InChI=1S/C13H7ClF4O/c14-11(13(16,17)18)12(15)19-10-7-3-5-8-4-1-2-6-9(8)10/h1-7H. The van der Waals surface area contributed by atoms with E-state index >= 15 is 0 Å². The van der Waals surface area contributed by atoms with Gasteiger partial charge in [0.15, 0.2) is 5.03 Å². The Hall–Kier alpha value is -1.75. The third-order valence-corrected chi connectivity index (χ3v) is 2.73. The van der Waals surface area contributed by atoms with Crippen LogP contribution in [0.4, 0.5) is 17.6 Å². The Bertz CT molecular complexity index is 629. The normalized spacial score (nSPS) is 13.3. The molecule has 0 saturated heterocycles. The van der Waals surface area contributed by atoms with E-state index in [1.807, 2.05) is 0 Å². The maximum atomic E-state index is 13.3. The van der Waals surface area contributed by atoms with Crippen molar-refractivity contribution in [3.63, 3.8) is 0 Å². The van der Waals surface area contributed by atoms with Crippen LogP contribution in [0.25, 0.3) is 10.8 Å². The van der Waals surface area contributed by atoms with Gasteiger partial charge in [-0.3, -0.25) is 0 Å². The number of hydrogen-bond donors (Lipinski definition) is 0. The van der Waals surface area contributed by atoms with Gasteiger partial charge in [-0.1, -0.05) is 48.0 Å². The van der Waals surface area contributed by atoms with Crippen LogP contribution < -0.4 is 4.74 Å². The molecular formula is C13H7ClF4O. The predicted octanol–water partition coefficient (Wildman–Crippen LogP) is 5.16. The second-order valence-electron chi connectivity index (χ2n) is 3.66. The molecule has 0 aliphatic carbocycles. The molecule has 0 fully saturated rings. The quantitative estimate of drug-likeness (QED) is 0.548. The summed E-state index contributed by atoms with van der Waals surface area (Å²) in [5.41, 5.74) is 0.